The molecule has 0 saturated carbocycles. The van der Waals surface area contributed by atoms with Gasteiger partial charge < -0.3 is 9.84 Å². The highest BCUT2D eigenvalue weighted by Gasteiger charge is 2.26. The SMILES string of the molecule is CN(c1cccc(NC(=O)C2CCN(Cc3nc(-c4cccc(Br)c4)no3)CC2)c1)S(C)(=O)=O. The third kappa shape index (κ3) is 6.02. The monoisotopic (exact) mass is 547 g/mol. The zero-order valence-corrected chi connectivity index (χ0v) is 21.3. The van der Waals surface area contributed by atoms with Crippen LogP contribution in [0.5, 0.6) is 0 Å². The van der Waals surface area contributed by atoms with Gasteiger partial charge in [-0.15, -0.1) is 0 Å². The minimum atomic E-state index is -3.37. The quantitative estimate of drug-likeness (QED) is 0.479. The Labute approximate surface area is 207 Å². The average Bonchev–Trinajstić information content (AvgIpc) is 3.27. The number of hydrogen-bond donors (Lipinski definition) is 1. The number of hydrogen-bond acceptors (Lipinski definition) is 7. The Morgan fingerprint density at radius 3 is 2.65 bits per heavy atom. The Hall–Kier alpha value is -2.76. The number of carbonyl (C=O) groups is 1. The summed E-state index contributed by atoms with van der Waals surface area (Å²) in [6.45, 7) is 2.02. The van der Waals surface area contributed by atoms with E-state index in [4.69, 9.17) is 4.52 Å². The van der Waals surface area contributed by atoms with Gasteiger partial charge in [-0.3, -0.25) is 14.0 Å². The number of aromatic nitrogens is 2. The first-order valence-electron chi connectivity index (χ1n) is 10.8. The molecule has 9 nitrogen and oxygen atoms in total. The fraction of sp³-hybridized carbons (Fsp3) is 0.348. The number of benzene rings is 2. The Kier molecular flexibility index (Phi) is 7.34. The van der Waals surface area contributed by atoms with E-state index in [1.807, 2.05) is 24.3 Å². The van der Waals surface area contributed by atoms with Gasteiger partial charge in [0.25, 0.3) is 0 Å². The van der Waals surface area contributed by atoms with Crippen molar-refractivity contribution >= 4 is 43.2 Å². The van der Waals surface area contributed by atoms with Crippen LogP contribution >= 0.6 is 15.9 Å². The zero-order chi connectivity index (χ0) is 24.3. The number of piperidine rings is 1. The lowest BCUT2D eigenvalue weighted by Crippen LogP contribution is -2.37. The molecule has 2 aromatic carbocycles. The van der Waals surface area contributed by atoms with Gasteiger partial charge in [0.2, 0.25) is 27.6 Å². The van der Waals surface area contributed by atoms with Crippen LogP contribution in [0.1, 0.15) is 18.7 Å². The lowest BCUT2D eigenvalue weighted by molar-refractivity contribution is -0.121. The topological polar surface area (TPSA) is 109 Å². The largest absolute Gasteiger partial charge is 0.338 e. The van der Waals surface area contributed by atoms with Gasteiger partial charge >= 0.3 is 0 Å². The van der Waals surface area contributed by atoms with Crippen molar-refractivity contribution in [2.75, 3.05) is 36.0 Å². The number of sulfonamides is 1. The van der Waals surface area contributed by atoms with Gasteiger partial charge in [0.05, 0.1) is 18.5 Å². The normalized spacial score (nSPS) is 15.3. The maximum atomic E-state index is 12.8. The standard InChI is InChI=1S/C23H26BrN5O4S/c1-28(34(2,31)32)20-8-4-7-19(14-20)25-23(30)16-9-11-29(12-10-16)15-21-26-22(27-33-21)17-5-3-6-18(24)13-17/h3-8,13-14,16H,9-12,15H2,1-2H3,(H,25,30). The van der Waals surface area contributed by atoms with Crippen molar-refractivity contribution in [1.82, 2.24) is 15.0 Å². The Bertz CT molecular complexity index is 1270. The van der Waals surface area contributed by atoms with Crippen molar-refractivity contribution in [3.8, 4) is 11.4 Å². The Morgan fingerprint density at radius 2 is 1.94 bits per heavy atom. The van der Waals surface area contributed by atoms with E-state index in [-0.39, 0.29) is 11.8 Å². The smallest absolute Gasteiger partial charge is 0.241 e. The molecule has 0 atom stereocenters. The molecule has 3 aromatic rings. The molecule has 1 amide bonds. The fourth-order valence-corrected chi connectivity index (χ4v) is 4.72. The van der Waals surface area contributed by atoms with E-state index in [1.165, 1.54) is 11.4 Å². The summed E-state index contributed by atoms with van der Waals surface area (Å²) in [4.78, 5) is 19.5. The van der Waals surface area contributed by atoms with E-state index in [0.717, 1.165) is 29.4 Å². The second kappa shape index (κ2) is 10.2. The molecule has 180 valence electrons. The van der Waals surface area contributed by atoms with Crippen LogP contribution in [-0.2, 0) is 21.4 Å². The van der Waals surface area contributed by atoms with Crippen LogP contribution in [0.4, 0.5) is 11.4 Å². The van der Waals surface area contributed by atoms with Crippen molar-refractivity contribution < 1.29 is 17.7 Å². The van der Waals surface area contributed by atoms with E-state index in [9.17, 15) is 13.2 Å². The van der Waals surface area contributed by atoms with Crippen molar-refractivity contribution in [1.29, 1.82) is 0 Å². The lowest BCUT2D eigenvalue weighted by Gasteiger charge is -2.30. The molecule has 0 spiro atoms. The molecule has 0 bridgehead atoms. The molecule has 1 N–H and O–H groups in total. The van der Waals surface area contributed by atoms with Crippen LogP contribution in [0.25, 0.3) is 11.4 Å². The molecule has 0 radical (unpaired) electrons. The molecule has 11 heteroatoms. The van der Waals surface area contributed by atoms with E-state index >= 15 is 0 Å². The molecule has 4 rings (SSSR count). The van der Waals surface area contributed by atoms with Crippen molar-refractivity contribution in [2.45, 2.75) is 19.4 Å². The zero-order valence-electron chi connectivity index (χ0n) is 18.9. The second-order valence-electron chi connectivity index (χ2n) is 8.34. The van der Waals surface area contributed by atoms with E-state index in [0.29, 0.717) is 42.5 Å². The summed E-state index contributed by atoms with van der Waals surface area (Å²) >= 11 is 3.45. The number of likely N-dealkylation sites (tertiary alicyclic amines) is 1. The highest BCUT2D eigenvalue weighted by atomic mass is 79.9. The van der Waals surface area contributed by atoms with Crippen LogP contribution in [0, 0.1) is 5.92 Å². The van der Waals surface area contributed by atoms with Gasteiger partial charge in [-0.05, 0) is 56.3 Å². The minimum absolute atomic E-state index is 0.0615. The first-order chi connectivity index (χ1) is 16.2. The number of nitrogens with zero attached hydrogens (tertiary/aromatic N) is 4. The Morgan fingerprint density at radius 1 is 1.21 bits per heavy atom. The summed E-state index contributed by atoms with van der Waals surface area (Å²) in [5, 5.41) is 7.00. The summed E-state index contributed by atoms with van der Waals surface area (Å²) < 4.78 is 31.1. The van der Waals surface area contributed by atoms with Crippen molar-refractivity contribution in [3.05, 3.63) is 58.9 Å². The predicted octanol–water partition coefficient (Wildman–Crippen LogP) is 3.75. The minimum Gasteiger partial charge on any atom is -0.338 e. The molecule has 1 aromatic heterocycles. The van der Waals surface area contributed by atoms with Gasteiger partial charge in [-0.2, -0.15) is 4.98 Å². The maximum Gasteiger partial charge on any atom is 0.241 e. The van der Waals surface area contributed by atoms with Gasteiger partial charge in [0.1, 0.15) is 0 Å². The van der Waals surface area contributed by atoms with Gasteiger partial charge in [-0.25, -0.2) is 8.42 Å². The van der Waals surface area contributed by atoms with Crippen molar-refractivity contribution in [2.24, 2.45) is 5.92 Å². The highest BCUT2D eigenvalue weighted by Crippen LogP contribution is 2.25. The number of halogens is 1. The van der Waals surface area contributed by atoms with Gasteiger partial charge in [0.15, 0.2) is 0 Å². The molecule has 1 aliphatic heterocycles. The van der Waals surface area contributed by atoms with Gasteiger partial charge in [0, 0.05) is 28.7 Å². The molecular weight excluding hydrogens is 522 g/mol. The first kappa shape index (κ1) is 24.4. The van der Waals surface area contributed by atoms with E-state index < -0.39 is 10.0 Å². The summed E-state index contributed by atoms with van der Waals surface area (Å²) in [6.07, 6.45) is 2.56. The van der Waals surface area contributed by atoms with Crippen LogP contribution in [0.3, 0.4) is 0 Å². The van der Waals surface area contributed by atoms with Crippen LogP contribution < -0.4 is 9.62 Å². The summed E-state index contributed by atoms with van der Waals surface area (Å²) in [5.74, 6) is 0.917. The fourth-order valence-electron chi connectivity index (χ4n) is 3.82. The Balaban J connectivity index is 1.30. The highest BCUT2D eigenvalue weighted by molar-refractivity contribution is 9.10. The molecule has 0 unspecified atom stereocenters. The average molecular weight is 548 g/mol. The van der Waals surface area contributed by atoms with Crippen LogP contribution in [0.15, 0.2) is 57.5 Å². The van der Waals surface area contributed by atoms with Crippen LogP contribution in [0.2, 0.25) is 0 Å². The van der Waals surface area contributed by atoms with E-state index in [1.54, 1.807) is 24.3 Å². The summed E-state index contributed by atoms with van der Waals surface area (Å²) in [5.41, 5.74) is 1.95. The number of carbonyl (C=O) groups excluding carboxylic acids is 1. The molecule has 1 saturated heterocycles. The summed E-state index contributed by atoms with van der Waals surface area (Å²) in [6, 6.07) is 14.6. The number of amides is 1. The number of nitrogens with one attached hydrogen (secondary N) is 1. The predicted molar refractivity (Wildman–Crippen MR) is 134 cm³/mol. The van der Waals surface area contributed by atoms with Gasteiger partial charge in [-0.1, -0.05) is 39.3 Å². The summed E-state index contributed by atoms with van der Waals surface area (Å²) in [7, 11) is -1.89. The molecule has 34 heavy (non-hydrogen) atoms. The third-order valence-corrected chi connectivity index (χ3v) is 7.54. The first-order valence-corrected chi connectivity index (χ1v) is 13.5. The lowest BCUT2D eigenvalue weighted by atomic mass is 9.96. The maximum absolute atomic E-state index is 12.8. The molecule has 0 aliphatic carbocycles. The van der Waals surface area contributed by atoms with E-state index in [2.05, 4.69) is 36.3 Å². The van der Waals surface area contributed by atoms with Crippen LogP contribution in [-0.4, -0.2) is 55.8 Å². The molecule has 1 aliphatic rings. The number of rotatable bonds is 7. The van der Waals surface area contributed by atoms with Crippen molar-refractivity contribution in [3.63, 3.8) is 0 Å². The molecular formula is C23H26BrN5O4S. The molecule has 2 heterocycles. The molecule has 1 fully saturated rings. The second-order valence-corrected chi connectivity index (χ2v) is 11.3. The third-order valence-electron chi connectivity index (χ3n) is 5.84. The number of anilines is 2.